The third kappa shape index (κ3) is 7.54. The highest BCUT2D eigenvalue weighted by molar-refractivity contribution is 7.89. The van der Waals surface area contributed by atoms with E-state index in [0.717, 1.165) is 12.1 Å². The molecule has 0 radical (unpaired) electrons. The van der Waals surface area contributed by atoms with Crippen LogP contribution in [0.3, 0.4) is 0 Å². The minimum atomic E-state index is -3.68. The zero-order valence-electron chi connectivity index (χ0n) is 17.4. The maximum absolute atomic E-state index is 12.0. The van der Waals surface area contributed by atoms with Crippen LogP contribution in [0.15, 0.2) is 34.2 Å². The molecule has 10 heteroatoms. The summed E-state index contributed by atoms with van der Waals surface area (Å²) in [5.74, 6) is 0.683. The molecule has 0 spiro atoms. The smallest absolute Gasteiger partial charge is 0.410 e. The van der Waals surface area contributed by atoms with Gasteiger partial charge in [0.25, 0.3) is 0 Å². The number of carbonyl (C=O) groups excluding carboxylic acids is 1. The Hall–Kier alpha value is -2.33. The molecule has 1 amide bonds. The molecule has 1 saturated heterocycles. The third-order valence-corrected chi connectivity index (χ3v) is 5.07. The standard InChI is InChI=1S/C19H31N5O4S/c1-5-21-17(23-15-12-24(13-15)18(25)28-19(2,3)4)22-11-10-14-6-8-16(9-7-14)29(20,26)27/h6-9,15H,5,10-13H2,1-4H3,(H2,20,26,27)(H2,21,22,23). The minimum Gasteiger partial charge on any atom is -0.444 e. The lowest BCUT2D eigenvalue weighted by Crippen LogP contribution is -2.63. The van der Waals surface area contributed by atoms with Crippen LogP contribution in [0.5, 0.6) is 0 Å². The first-order valence-electron chi connectivity index (χ1n) is 9.62. The van der Waals surface area contributed by atoms with Crippen molar-refractivity contribution in [2.45, 2.75) is 50.7 Å². The molecule has 0 atom stereocenters. The van der Waals surface area contributed by atoms with E-state index >= 15 is 0 Å². The van der Waals surface area contributed by atoms with E-state index < -0.39 is 15.6 Å². The van der Waals surface area contributed by atoms with Crippen molar-refractivity contribution in [2.75, 3.05) is 26.2 Å². The van der Waals surface area contributed by atoms with Gasteiger partial charge in [0.15, 0.2) is 5.96 Å². The molecule has 0 aliphatic carbocycles. The number of benzene rings is 1. The molecule has 0 saturated carbocycles. The summed E-state index contributed by atoms with van der Waals surface area (Å²) in [5, 5.41) is 11.6. The van der Waals surface area contributed by atoms with Gasteiger partial charge in [0.05, 0.1) is 10.9 Å². The van der Waals surface area contributed by atoms with Gasteiger partial charge in [-0.15, -0.1) is 0 Å². The minimum absolute atomic E-state index is 0.0966. The Labute approximate surface area is 172 Å². The number of carbonyl (C=O) groups is 1. The lowest BCUT2D eigenvalue weighted by atomic mass is 10.1. The van der Waals surface area contributed by atoms with Crippen molar-refractivity contribution in [1.82, 2.24) is 15.5 Å². The molecule has 0 unspecified atom stereocenters. The van der Waals surface area contributed by atoms with Crippen molar-refractivity contribution in [3.05, 3.63) is 29.8 Å². The number of amides is 1. The van der Waals surface area contributed by atoms with Gasteiger partial charge in [-0.05, 0) is 51.8 Å². The van der Waals surface area contributed by atoms with Gasteiger partial charge >= 0.3 is 6.09 Å². The SMILES string of the molecule is CCNC(=NCCc1ccc(S(N)(=O)=O)cc1)NC1CN(C(=O)OC(C)(C)C)C1. The largest absolute Gasteiger partial charge is 0.444 e. The van der Waals surface area contributed by atoms with Crippen LogP contribution in [0.1, 0.15) is 33.3 Å². The lowest BCUT2D eigenvalue weighted by molar-refractivity contribution is 0.00700. The fourth-order valence-corrected chi connectivity index (χ4v) is 3.22. The molecule has 1 heterocycles. The topological polar surface area (TPSA) is 126 Å². The molecule has 1 aromatic carbocycles. The van der Waals surface area contributed by atoms with Crippen molar-refractivity contribution < 1.29 is 17.9 Å². The fraction of sp³-hybridized carbons (Fsp3) is 0.579. The van der Waals surface area contributed by atoms with Gasteiger partial charge in [-0.2, -0.15) is 0 Å². The zero-order chi connectivity index (χ0) is 21.7. The van der Waals surface area contributed by atoms with Crippen molar-refractivity contribution in [3.8, 4) is 0 Å². The molecule has 9 nitrogen and oxygen atoms in total. The Morgan fingerprint density at radius 2 is 1.90 bits per heavy atom. The number of guanidine groups is 1. The highest BCUT2D eigenvalue weighted by atomic mass is 32.2. The molecule has 1 aliphatic rings. The van der Waals surface area contributed by atoms with Crippen molar-refractivity contribution in [2.24, 2.45) is 10.1 Å². The van der Waals surface area contributed by atoms with E-state index in [9.17, 15) is 13.2 Å². The van der Waals surface area contributed by atoms with Crippen LogP contribution < -0.4 is 15.8 Å². The molecule has 2 rings (SSSR count). The van der Waals surface area contributed by atoms with Crippen LogP contribution in [0, 0.1) is 0 Å². The van der Waals surface area contributed by atoms with Crippen LogP contribution in [0.25, 0.3) is 0 Å². The number of nitrogens with one attached hydrogen (secondary N) is 2. The van der Waals surface area contributed by atoms with Gasteiger partial charge in [0.2, 0.25) is 10.0 Å². The van der Waals surface area contributed by atoms with Crippen LogP contribution in [-0.2, 0) is 21.2 Å². The number of aliphatic imine (C=N–C) groups is 1. The van der Waals surface area contributed by atoms with E-state index in [0.29, 0.717) is 32.0 Å². The number of likely N-dealkylation sites (tertiary alicyclic amines) is 1. The van der Waals surface area contributed by atoms with Crippen molar-refractivity contribution >= 4 is 22.1 Å². The molecule has 162 valence electrons. The molecule has 4 N–H and O–H groups in total. The summed E-state index contributed by atoms with van der Waals surface area (Å²) in [6, 6.07) is 6.59. The maximum atomic E-state index is 12.0. The van der Waals surface area contributed by atoms with E-state index in [1.165, 1.54) is 12.1 Å². The van der Waals surface area contributed by atoms with Gasteiger partial charge < -0.3 is 20.3 Å². The highest BCUT2D eigenvalue weighted by Gasteiger charge is 2.34. The number of ether oxygens (including phenoxy) is 1. The van der Waals surface area contributed by atoms with Crippen LogP contribution in [0.4, 0.5) is 4.79 Å². The number of primary sulfonamides is 1. The van der Waals surface area contributed by atoms with E-state index in [1.807, 2.05) is 27.7 Å². The summed E-state index contributed by atoms with van der Waals surface area (Å²) < 4.78 is 27.9. The Balaban J connectivity index is 1.82. The number of rotatable bonds is 6. The predicted octanol–water partition coefficient (Wildman–Crippen LogP) is 1.05. The van der Waals surface area contributed by atoms with Gasteiger partial charge in [-0.25, -0.2) is 18.4 Å². The number of nitrogens with zero attached hydrogens (tertiary/aromatic N) is 2. The maximum Gasteiger partial charge on any atom is 0.410 e. The van der Waals surface area contributed by atoms with Gasteiger partial charge in [0, 0.05) is 26.2 Å². The molecule has 0 bridgehead atoms. The second-order valence-electron chi connectivity index (χ2n) is 7.93. The monoisotopic (exact) mass is 425 g/mol. The van der Waals surface area contributed by atoms with E-state index in [1.54, 1.807) is 17.0 Å². The summed E-state index contributed by atoms with van der Waals surface area (Å²) in [5.41, 5.74) is 0.468. The molecule has 1 fully saturated rings. The Kier molecular flexibility index (Phi) is 7.48. The molecular formula is C19H31N5O4S. The number of hydrogen-bond acceptors (Lipinski definition) is 5. The average Bonchev–Trinajstić information content (AvgIpc) is 2.55. The first-order chi connectivity index (χ1) is 13.5. The van der Waals surface area contributed by atoms with Crippen LogP contribution in [-0.4, -0.2) is 63.2 Å². The second-order valence-corrected chi connectivity index (χ2v) is 9.49. The Morgan fingerprint density at radius 1 is 1.28 bits per heavy atom. The Morgan fingerprint density at radius 3 is 2.41 bits per heavy atom. The van der Waals surface area contributed by atoms with Gasteiger partial charge in [0.1, 0.15) is 5.60 Å². The molecule has 1 aliphatic heterocycles. The number of sulfonamides is 1. The first-order valence-corrected chi connectivity index (χ1v) is 11.2. The van der Waals surface area contributed by atoms with Gasteiger partial charge in [-0.1, -0.05) is 12.1 Å². The third-order valence-electron chi connectivity index (χ3n) is 4.14. The first kappa shape index (κ1) is 23.0. The number of hydrogen-bond donors (Lipinski definition) is 3. The normalized spacial score (nSPS) is 15.6. The quantitative estimate of drug-likeness (QED) is 0.462. The van der Waals surface area contributed by atoms with Crippen LogP contribution >= 0.6 is 0 Å². The van der Waals surface area contributed by atoms with Gasteiger partial charge in [-0.3, -0.25) is 4.99 Å². The predicted molar refractivity (Wildman–Crippen MR) is 112 cm³/mol. The lowest BCUT2D eigenvalue weighted by Gasteiger charge is -2.40. The summed E-state index contributed by atoms with van der Waals surface area (Å²) in [6.07, 6.45) is 0.358. The van der Waals surface area contributed by atoms with E-state index in [-0.39, 0.29) is 17.0 Å². The van der Waals surface area contributed by atoms with E-state index in [4.69, 9.17) is 9.88 Å². The molecule has 29 heavy (non-hydrogen) atoms. The summed E-state index contributed by atoms with van der Waals surface area (Å²) >= 11 is 0. The average molecular weight is 426 g/mol. The molecule has 1 aromatic rings. The summed E-state index contributed by atoms with van der Waals surface area (Å²) in [4.78, 5) is 18.3. The molecule has 0 aromatic heterocycles. The van der Waals surface area contributed by atoms with Crippen molar-refractivity contribution in [1.29, 1.82) is 0 Å². The second kappa shape index (κ2) is 9.45. The van der Waals surface area contributed by atoms with E-state index in [2.05, 4.69) is 15.6 Å². The fourth-order valence-electron chi connectivity index (χ4n) is 2.70. The zero-order valence-corrected chi connectivity index (χ0v) is 18.3. The van der Waals surface area contributed by atoms with Crippen molar-refractivity contribution in [3.63, 3.8) is 0 Å². The highest BCUT2D eigenvalue weighted by Crippen LogP contribution is 2.15. The number of nitrogens with two attached hydrogens (primary N) is 1. The Bertz CT molecular complexity index is 825. The molecular weight excluding hydrogens is 394 g/mol. The summed E-state index contributed by atoms with van der Waals surface area (Å²) in [7, 11) is -3.68. The summed E-state index contributed by atoms with van der Waals surface area (Å²) in [6.45, 7) is 9.90. The van der Waals surface area contributed by atoms with Crippen LogP contribution in [0.2, 0.25) is 0 Å².